The number of ether oxygens (including phenoxy) is 1. The van der Waals surface area contributed by atoms with Crippen LogP contribution in [0.15, 0.2) is 42.5 Å². The fourth-order valence-corrected chi connectivity index (χ4v) is 3.44. The minimum absolute atomic E-state index is 0.193. The quantitative estimate of drug-likeness (QED) is 0.792. The van der Waals surface area contributed by atoms with Crippen molar-refractivity contribution in [3.05, 3.63) is 58.9 Å². The molecular weight excluding hydrogens is 373 g/mol. The monoisotopic (exact) mass is 393 g/mol. The summed E-state index contributed by atoms with van der Waals surface area (Å²) >= 11 is 11.6. The SMILES string of the molecule is COc1ccc(Cl)cc1NC(=S)N1CCN(Cc2cccc(F)c2)CC1. The first-order valence-electron chi connectivity index (χ1n) is 8.41. The van der Waals surface area contributed by atoms with E-state index < -0.39 is 0 Å². The van der Waals surface area contributed by atoms with Crippen molar-refractivity contribution in [1.82, 2.24) is 9.80 Å². The highest BCUT2D eigenvalue weighted by Gasteiger charge is 2.20. The molecule has 0 aromatic heterocycles. The van der Waals surface area contributed by atoms with Gasteiger partial charge in [0.25, 0.3) is 0 Å². The summed E-state index contributed by atoms with van der Waals surface area (Å²) in [5.41, 5.74) is 1.75. The number of rotatable bonds is 4. The molecule has 2 aromatic rings. The van der Waals surface area contributed by atoms with Gasteiger partial charge >= 0.3 is 0 Å². The highest BCUT2D eigenvalue weighted by molar-refractivity contribution is 7.80. The lowest BCUT2D eigenvalue weighted by atomic mass is 10.2. The molecule has 7 heteroatoms. The Bertz CT molecular complexity index is 781. The highest BCUT2D eigenvalue weighted by atomic mass is 35.5. The van der Waals surface area contributed by atoms with Crippen molar-refractivity contribution in [3.8, 4) is 5.75 Å². The van der Waals surface area contributed by atoms with Crippen LogP contribution in [-0.2, 0) is 6.54 Å². The Morgan fingerprint density at radius 3 is 2.65 bits per heavy atom. The Hall–Kier alpha value is -1.89. The van der Waals surface area contributed by atoms with Crippen molar-refractivity contribution in [2.45, 2.75) is 6.54 Å². The molecule has 0 amide bonds. The molecule has 3 rings (SSSR count). The second kappa shape index (κ2) is 8.66. The van der Waals surface area contributed by atoms with Crippen molar-refractivity contribution < 1.29 is 9.13 Å². The van der Waals surface area contributed by atoms with E-state index >= 15 is 0 Å². The van der Waals surface area contributed by atoms with E-state index in [9.17, 15) is 4.39 Å². The van der Waals surface area contributed by atoms with Crippen LogP contribution in [0.3, 0.4) is 0 Å². The van der Waals surface area contributed by atoms with Crippen molar-refractivity contribution in [1.29, 1.82) is 0 Å². The summed E-state index contributed by atoms with van der Waals surface area (Å²) in [6.07, 6.45) is 0. The fraction of sp³-hybridized carbons (Fsp3) is 0.316. The number of halogens is 2. The molecule has 1 heterocycles. The Balaban J connectivity index is 1.54. The van der Waals surface area contributed by atoms with E-state index in [0.717, 1.165) is 44.0 Å². The third kappa shape index (κ3) is 4.84. The van der Waals surface area contributed by atoms with Gasteiger partial charge in [0.05, 0.1) is 12.8 Å². The van der Waals surface area contributed by atoms with Crippen molar-refractivity contribution in [2.75, 3.05) is 38.6 Å². The van der Waals surface area contributed by atoms with Crippen molar-refractivity contribution >= 4 is 34.6 Å². The summed E-state index contributed by atoms with van der Waals surface area (Å²) in [6.45, 7) is 4.10. The zero-order valence-corrected chi connectivity index (χ0v) is 16.1. The molecule has 1 N–H and O–H groups in total. The average molecular weight is 394 g/mol. The molecule has 0 bridgehead atoms. The van der Waals surface area contributed by atoms with Gasteiger partial charge in [-0.3, -0.25) is 4.90 Å². The molecule has 0 atom stereocenters. The molecular formula is C19H21ClFN3OS. The Morgan fingerprint density at radius 2 is 1.96 bits per heavy atom. The minimum Gasteiger partial charge on any atom is -0.495 e. The summed E-state index contributed by atoms with van der Waals surface area (Å²) in [7, 11) is 1.61. The lowest BCUT2D eigenvalue weighted by Gasteiger charge is -2.36. The van der Waals surface area contributed by atoms with Crippen LogP contribution in [0.2, 0.25) is 5.02 Å². The second-order valence-electron chi connectivity index (χ2n) is 6.17. The van der Waals surface area contributed by atoms with Gasteiger partial charge in [-0.2, -0.15) is 0 Å². The normalized spacial score (nSPS) is 15.0. The topological polar surface area (TPSA) is 27.7 Å². The standard InChI is InChI=1S/C19H21ClFN3OS/c1-25-18-6-5-15(20)12-17(18)22-19(26)24-9-7-23(8-10-24)13-14-3-2-4-16(21)11-14/h2-6,11-12H,7-10,13H2,1H3,(H,22,26). The summed E-state index contributed by atoms with van der Waals surface area (Å²) < 4.78 is 18.7. The van der Waals surface area contributed by atoms with Crippen molar-refractivity contribution in [3.63, 3.8) is 0 Å². The van der Waals surface area contributed by atoms with E-state index in [-0.39, 0.29) is 5.82 Å². The van der Waals surface area contributed by atoms with Crippen LogP contribution in [0.5, 0.6) is 5.75 Å². The molecule has 0 radical (unpaired) electrons. The second-order valence-corrected chi connectivity index (χ2v) is 6.99. The molecule has 1 aliphatic rings. The number of anilines is 1. The van der Waals surface area contributed by atoms with Crippen LogP contribution in [0, 0.1) is 5.82 Å². The lowest BCUT2D eigenvalue weighted by Crippen LogP contribution is -2.49. The van der Waals surface area contributed by atoms with Crippen LogP contribution in [0.1, 0.15) is 5.56 Å². The molecule has 2 aromatic carbocycles. The molecule has 1 fully saturated rings. The van der Waals surface area contributed by atoms with Crippen LogP contribution in [0.25, 0.3) is 0 Å². The first-order valence-corrected chi connectivity index (χ1v) is 9.20. The maximum atomic E-state index is 13.3. The average Bonchev–Trinajstić information content (AvgIpc) is 2.62. The van der Waals surface area contributed by atoms with Gasteiger partial charge in [0.2, 0.25) is 0 Å². The summed E-state index contributed by atoms with van der Waals surface area (Å²) in [5, 5.41) is 4.49. The van der Waals surface area contributed by atoms with Crippen LogP contribution < -0.4 is 10.1 Å². The molecule has 0 spiro atoms. The van der Waals surface area contributed by atoms with Gasteiger partial charge in [0.15, 0.2) is 5.11 Å². The highest BCUT2D eigenvalue weighted by Crippen LogP contribution is 2.28. The zero-order chi connectivity index (χ0) is 18.5. The first-order chi connectivity index (χ1) is 12.5. The van der Waals surface area contributed by atoms with Crippen LogP contribution in [0.4, 0.5) is 10.1 Å². The Labute approximate surface area is 163 Å². The number of benzene rings is 2. The molecule has 138 valence electrons. The third-order valence-electron chi connectivity index (χ3n) is 4.36. The van der Waals surface area contributed by atoms with E-state index in [4.69, 9.17) is 28.6 Å². The number of piperazine rings is 1. The minimum atomic E-state index is -0.193. The van der Waals surface area contributed by atoms with E-state index in [1.807, 2.05) is 12.1 Å². The number of hydrogen-bond donors (Lipinski definition) is 1. The molecule has 0 unspecified atom stereocenters. The predicted octanol–water partition coefficient (Wildman–Crippen LogP) is 4.00. The number of methoxy groups -OCH3 is 1. The Kier molecular flexibility index (Phi) is 6.29. The lowest BCUT2D eigenvalue weighted by molar-refractivity contribution is 0.177. The van der Waals surface area contributed by atoms with Gasteiger partial charge in [-0.1, -0.05) is 23.7 Å². The molecule has 0 aliphatic carbocycles. The summed E-state index contributed by atoms with van der Waals surface area (Å²) in [5.74, 6) is 0.503. The van der Waals surface area contributed by atoms with Crippen LogP contribution in [-0.4, -0.2) is 48.2 Å². The molecule has 1 aliphatic heterocycles. The van der Waals surface area contributed by atoms with E-state index in [2.05, 4.69) is 15.1 Å². The maximum Gasteiger partial charge on any atom is 0.173 e. The van der Waals surface area contributed by atoms with Crippen molar-refractivity contribution in [2.24, 2.45) is 0 Å². The number of nitrogens with zero attached hydrogens (tertiary/aromatic N) is 2. The number of hydrogen-bond acceptors (Lipinski definition) is 3. The van der Waals surface area contributed by atoms with Gasteiger partial charge in [0.1, 0.15) is 11.6 Å². The van der Waals surface area contributed by atoms with E-state index in [0.29, 0.717) is 15.9 Å². The van der Waals surface area contributed by atoms with E-state index in [1.165, 1.54) is 6.07 Å². The summed E-state index contributed by atoms with van der Waals surface area (Å²) in [6, 6.07) is 12.1. The number of thiocarbonyl (C=S) groups is 1. The first kappa shape index (κ1) is 18.9. The predicted molar refractivity (Wildman–Crippen MR) is 107 cm³/mol. The Morgan fingerprint density at radius 1 is 1.19 bits per heavy atom. The molecule has 0 saturated carbocycles. The zero-order valence-electron chi connectivity index (χ0n) is 14.5. The summed E-state index contributed by atoms with van der Waals surface area (Å²) in [4.78, 5) is 4.42. The third-order valence-corrected chi connectivity index (χ3v) is 4.95. The fourth-order valence-electron chi connectivity index (χ4n) is 2.97. The molecule has 26 heavy (non-hydrogen) atoms. The van der Waals surface area contributed by atoms with Gasteiger partial charge < -0.3 is 15.0 Å². The van der Waals surface area contributed by atoms with Gasteiger partial charge in [-0.15, -0.1) is 0 Å². The van der Waals surface area contributed by atoms with Gasteiger partial charge in [-0.05, 0) is 48.1 Å². The molecule has 1 saturated heterocycles. The van der Waals surface area contributed by atoms with Crippen LogP contribution >= 0.6 is 23.8 Å². The maximum absolute atomic E-state index is 13.3. The number of nitrogens with one attached hydrogen (secondary N) is 1. The van der Waals surface area contributed by atoms with Gasteiger partial charge in [-0.25, -0.2) is 4.39 Å². The van der Waals surface area contributed by atoms with Gasteiger partial charge in [0, 0.05) is 37.7 Å². The largest absolute Gasteiger partial charge is 0.495 e. The smallest absolute Gasteiger partial charge is 0.173 e. The van der Waals surface area contributed by atoms with E-state index in [1.54, 1.807) is 31.4 Å². The molecule has 4 nitrogen and oxygen atoms in total.